The van der Waals surface area contributed by atoms with Crippen molar-refractivity contribution in [3.63, 3.8) is 0 Å². The Hall–Kier alpha value is -3.18. The quantitative estimate of drug-likeness (QED) is 0.384. The molecule has 3 aliphatic rings. The first-order valence-corrected chi connectivity index (χ1v) is 16.6. The molecule has 3 atom stereocenters. The van der Waals surface area contributed by atoms with Crippen molar-refractivity contribution in [2.24, 2.45) is 10.9 Å². The molecule has 0 spiro atoms. The first-order valence-electron chi connectivity index (χ1n) is 14.7. The summed E-state index contributed by atoms with van der Waals surface area (Å²) in [5, 5.41) is 15.9. The molecule has 3 N–H and O–H groups in total. The molecule has 0 bridgehead atoms. The van der Waals surface area contributed by atoms with Crippen LogP contribution in [0.3, 0.4) is 0 Å². The number of hydroxylamine groups is 2. The van der Waals surface area contributed by atoms with Crippen molar-refractivity contribution in [1.82, 2.24) is 20.0 Å². The predicted molar refractivity (Wildman–Crippen MR) is 158 cm³/mol. The fourth-order valence-corrected chi connectivity index (χ4v) is 6.98. The Balaban J connectivity index is 1.57. The highest BCUT2D eigenvalue weighted by molar-refractivity contribution is 7.88. The molecule has 0 amide bonds. The molecule has 252 valence electrons. The Labute approximate surface area is 262 Å². The summed E-state index contributed by atoms with van der Waals surface area (Å²) in [6.07, 6.45) is -7.49. The molecule has 0 radical (unpaired) electrons. The van der Waals surface area contributed by atoms with Crippen molar-refractivity contribution >= 4 is 21.6 Å². The van der Waals surface area contributed by atoms with Crippen LogP contribution in [0.15, 0.2) is 53.5 Å². The van der Waals surface area contributed by atoms with Crippen LogP contribution in [0.5, 0.6) is 0 Å². The molecule has 0 aromatic heterocycles. The fourth-order valence-electron chi connectivity index (χ4n) is 6.14. The molecule has 0 saturated carbocycles. The van der Waals surface area contributed by atoms with E-state index in [0.29, 0.717) is 43.6 Å². The van der Waals surface area contributed by atoms with Crippen LogP contribution in [-0.4, -0.2) is 80.4 Å². The molecule has 46 heavy (non-hydrogen) atoms. The second-order valence-corrected chi connectivity index (χ2v) is 13.6. The summed E-state index contributed by atoms with van der Waals surface area (Å²) in [6, 6.07) is 7.19. The number of fused-ring (bicyclic) bond motifs is 1. The van der Waals surface area contributed by atoms with Gasteiger partial charge in [-0.05, 0) is 61.6 Å². The van der Waals surface area contributed by atoms with Crippen molar-refractivity contribution in [2.45, 2.75) is 56.9 Å². The molecule has 2 aromatic rings. The van der Waals surface area contributed by atoms with E-state index in [9.17, 15) is 40.0 Å². The zero-order valence-corrected chi connectivity index (χ0v) is 25.9. The molecule has 9 nitrogen and oxygen atoms in total. The van der Waals surface area contributed by atoms with Crippen LogP contribution in [0.1, 0.15) is 40.7 Å². The van der Waals surface area contributed by atoms with Crippen LogP contribution in [0.2, 0.25) is 0 Å². The second-order valence-electron chi connectivity index (χ2n) is 11.8. The smallest absolute Gasteiger partial charge is 0.416 e. The third-order valence-corrected chi connectivity index (χ3v) is 9.14. The normalized spacial score (nSPS) is 23.9. The maximum atomic E-state index is 13.7. The standard InChI is InChI=1S/C30H35F6N5O4S/c1-18-5-3-4-6-23(18)26-15-27(40-9-7-22(8-10-40)39-46(2,43)44)45-28-24(16-37-17-38-28)25(41(26)42)13-19-11-20(29(31,32)33)14-21(12-19)30(34,35)36/h3-6,11-12,14-15,22,24-25,27,37,39,42H,7-10,13,16-17H2,1-2H3. The van der Waals surface area contributed by atoms with Gasteiger partial charge in [0.2, 0.25) is 10.0 Å². The van der Waals surface area contributed by atoms with E-state index < -0.39 is 58.1 Å². The lowest BCUT2D eigenvalue weighted by Gasteiger charge is -2.43. The average molecular weight is 676 g/mol. The van der Waals surface area contributed by atoms with Gasteiger partial charge < -0.3 is 4.74 Å². The van der Waals surface area contributed by atoms with E-state index in [1.165, 1.54) is 0 Å². The van der Waals surface area contributed by atoms with Gasteiger partial charge in [-0.25, -0.2) is 18.1 Å². The van der Waals surface area contributed by atoms with Gasteiger partial charge in [-0.3, -0.25) is 20.5 Å². The number of alkyl halides is 6. The minimum atomic E-state index is -5.03. The third kappa shape index (κ3) is 8.02. The highest BCUT2D eigenvalue weighted by Crippen LogP contribution is 2.38. The van der Waals surface area contributed by atoms with Gasteiger partial charge in [-0.2, -0.15) is 26.3 Å². The first kappa shape index (κ1) is 34.2. The largest absolute Gasteiger partial charge is 0.458 e. The number of nitrogens with one attached hydrogen (secondary N) is 2. The van der Waals surface area contributed by atoms with Crippen molar-refractivity contribution < 1.29 is 44.7 Å². The summed E-state index contributed by atoms with van der Waals surface area (Å²) < 4.78 is 115. The summed E-state index contributed by atoms with van der Waals surface area (Å²) in [7, 11) is -3.41. The average Bonchev–Trinajstić information content (AvgIpc) is 2.96. The lowest BCUT2D eigenvalue weighted by Crippen LogP contribution is -2.54. The van der Waals surface area contributed by atoms with Crippen LogP contribution in [0, 0.1) is 12.8 Å². The van der Waals surface area contributed by atoms with Gasteiger partial charge in [0.25, 0.3) is 0 Å². The molecule has 0 aliphatic carbocycles. The minimum absolute atomic E-state index is 0.0778. The highest BCUT2D eigenvalue weighted by Gasteiger charge is 2.42. The van der Waals surface area contributed by atoms with Crippen LogP contribution < -0.4 is 10.0 Å². The number of aliphatic imine (C=N–C) groups is 1. The SMILES string of the molecule is Cc1ccccc1C1=CC(N2CCC(NS(C)(=O)=O)CC2)OC2=NCNCC2C(Cc2cc(C(F)(F)F)cc(C(F)(F)F)c2)N1O. The van der Waals surface area contributed by atoms with E-state index in [0.717, 1.165) is 16.9 Å². The van der Waals surface area contributed by atoms with Crippen LogP contribution in [0.4, 0.5) is 26.3 Å². The number of nitrogens with zero attached hydrogens (tertiary/aromatic N) is 3. The van der Waals surface area contributed by atoms with E-state index in [1.807, 2.05) is 17.9 Å². The van der Waals surface area contributed by atoms with Crippen molar-refractivity contribution in [1.29, 1.82) is 0 Å². The van der Waals surface area contributed by atoms with E-state index in [2.05, 4.69) is 15.0 Å². The van der Waals surface area contributed by atoms with Gasteiger partial charge in [0.15, 0.2) is 12.1 Å². The Bertz CT molecular complexity index is 1560. The number of piperidine rings is 1. The Kier molecular flexibility index (Phi) is 9.76. The lowest BCUT2D eigenvalue weighted by molar-refractivity contribution is -0.143. The summed E-state index contributed by atoms with van der Waals surface area (Å²) in [4.78, 5) is 6.42. The lowest BCUT2D eigenvalue weighted by atomic mass is 9.88. The molecule has 5 rings (SSSR count). The van der Waals surface area contributed by atoms with Gasteiger partial charge in [-0.15, -0.1) is 0 Å². The molecule has 1 saturated heterocycles. The number of hydrogen-bond acceptors (Lipinski definition) is 8. The summed E-state index contributed by atoms with van der Waals surface area (Å²) in [5.74, 6) is -0.561. The molecule has 2 aromatic carbocycles. The number of rotatable bonds is 6. The summed E-state index contributed by atoms with van der Waals surface area (Å²) >= 11 is 0. The molecule has 16 heteroatoms. The molecule has 3 heterocycles. The van der Waals surface area contributed by atoms with Gasteiger partial charge in [0.1, 0.15) is 0 Å². The van der Waals surface area contributed by atoms with Crippen molar-refractivity contribution in [3.05, 3.63) is 76.4 Å². The predicted octanol–water partition coefficient (Wildman–Crippen LogP) is 4.62. The second kappa shape index (κ2) is 13.1. The van der Waals surface area contributed by atoms with Gasteiger partial charge in [0, 0.05) is 31.2 Å². The molecule has 1 fully saturated rings. The van der Waals surface area contributed by atoms with Crippen LogP contribution in [0.25, 0.3) is 5.70 Å². The zero-order valence-electron chi connectivity index (χ0n) is 25.1. The zero-order chi connectivity index (χ0) is 33.4. The number of sulfonamides is 1. The van der Waals surface area contributed by atoms with Crippen molar-refractivity contribution in [2.75, 3.05) is 32.6 Å². The number of hydrogen-bond donors (Lipinski definition) is 3. The molecule has 3 aliphatic heterocycles. The number of aryl methyl sites for hydroxylation is 1. The van der Waals surface area contributed by atoms with E-state index in [1.54, 1.807) is 24.3 Å². The third-order valence-electron chi connectivity index (χ3n) is 8.38. The topological polar surface area (TPSA) is 106 Å². The van der Waals surface area contributed by atoms with Crippen LogP contribution >= 0.6 is 0 Å². The van der Waals surface area contributed by atoms with Gasteiger partial charge in [0.05, 0.1) is 41.7 Å². The van der Waals surface area contributed by atoms with Crippen molar-refractivity contribution in [3.8, 4) is 0 Å². The molecule has 3 unspecified atom stereocenters. The number of ether oxygens (including phenoxy) is 1. The maximum absolute atomic E-state index is 13.7. The van der Waals surface area contributed by atoms with Crippen LogP contribution in [-0.2, 0) is 33.5 Å². The summed E-state index contributed by atoms with van der Waals surface area (Å²) in [6.45, 7) is 3.02. The van der Waals surface area contributed by atoms with Gasteiger partial charge in [-0.1, -0.05) is 24.3 Å². The van der Waals surface area contributed by atoms with E-state index in [-0.39, 0.29) is 42.5 Å². The number of likely N-dealkylation sites (tertiary alicyclic amines) is 1. The minimum Gasteiger partial charge on any atom is -0.458 e. The Morgan fingerprint density at radius 2 is 1.67 bits per heavy atom. The Morgan fingerprint density at radius 3 is 2.26 bits per heavy atom. The number of halogens is 6. The molecular weight excluding hydrogens is 640 g/mol. The maximum Gasteiger partial charge on any atom is 0.416 e. The van der Waals surface area contributed by atoms with Gasteiger partial charge >= 0.3 is 12.4 Å². The first-order chi connectivity index (χ1) is 21.5. The summed E-state index contributed by atoms with van der Waals surface area (Å²) in [5.41, 5.74) is -1.54. The van der Waals surface area contributed by atoms with E-state index >= 15 is 0 Å². The monoisotopic (exact) mass is 675 g/mol. The van der Waals surface area contributed by atoms with E-state index in [4.69, 9.17) is 4.74 Å². The molecular formula is C30H35F6N5O4S. The fraction of sp³-hybridized carbons (Fsp3) is 0.500. The number of benzene rings is 2. The highest BCUT2D eigenvalue weighted by atomic mass is 32.2. The Morgan fingerprint density at radius 1 is 1.04 bits per heavy atom.